The molecule has 0 saturated carbocycles. The molecule has 1 aromatic rings. The molecule has 0 spiro atoms. The van der Waals surface area contributed by atoms with Crippen LogP contribution >= 0.6 is 11.6 Å². The van der Waals surface area contributed by atoms with E-state index in [0.29, 0.717) is 11.6 Å². The molecule has 1 unspecified atom stereocenters. The summed E-state index contributed by atoms with van der Waals surface area (Å²) in [5, 5.41) is 0.705. The number of hydrogen-bond acceptors (Lipinski definition) is 3. The van der Waals surface area contributed by atoms with Gasteiger partial charge in [-0.05, 0) is 31.2 Å². The summed E-state index contributed by atoms with van der Waals surface area (Å²) in [7, 11) is 1.91. The fourth-order valence-corrected chi connectivity index (χ4v) is 2.17. The van der Waals surface area contributed by atoms with Gasteiger partial charge in [-0.15, -0.1) is 0 Å². The predicted octanol–water partition coefficient (Wildman–Crippen LogP) is 1.93. The van der Waals surface area contributed by atoms with Crippen LogP contribution in [0.2, 0.25) is 5.02 Å². The Bertz CT molecular complexity index is 398. The van der Waals surface area contributed by atoms with Crippen molar-refractivity contribution in [3.63, 3.8) is 0 Å². The third-order valence-electron chi connectivity index (χ3n) is 2.86. The highest BCUT2D eigenvalue weighted by atomic mass is 35.5. The molecule has 1 aromatic carbocycles. The summed E-state index contributed by atoms with van der Waals surface area (Å²) in [6, 6.07) is 7.43. The second-order valence-corrected chi connectivity index (χ2v) is 4.79. The van der Waals surface area contributed by atoms with Crippen LogP contribution in [0.3, 0.4) is 0 Å². The van der Waals surface area contributed by atoms with Crippen LogP contribution in [0, 0.1) is 0 Å². The quantitative estimate of drug-likeness (QED) is 0.471. The topological polar surface area (TPSA) is 58.4 Å². The fourth-order valence-electron chi connectivity index (χ4n) is 1.95. The van der Waals surface area contributed by atoms with Crippen molar-refractivity contribution in [2.24, 2.45) is 5.84 Å². The van der Waals surface area contributed by atoms with Crippen molar-refractivity contribution < 1.29 is 4.79 Å². The van der Waals surface area contributed by atoms with Crippen molar-refractivity contribution in [3.8, 4) is 0 Å². The molecule has 0 aromatic heterocycles. The van der Waals surface area contributed by atoms with Crippen LogP contribution in [0.1, 0.15) is 25.3 Å². The smallest absolute Gasteiger partial charge is 0.251 e. The third-order valence-corrected chi connectivity index (χ3v) is 3.10. The van der Waals surface area contributed by atoms with E-state index in [-0.39, 0.29) is 11.9 Å². The molecule has 3 N–H and O–H groups in total. The Labute approximate surface area is 113 Å². The summed E-state index contributed by atoms with van der Waals surface area (Å²) in [6.07, 6.45) is 1.71. The van der Waals surface area contributed by atoms with E-state index in [2.05, 4.69) is 5.43 Å². The number of benzene rings is 1. The zero-order chi connectivity index (χ0) is 13.5. The maximum Gasteiger partial charge on any atom is 0.251 e. The molecule has 4 nitrogen and oxygen atoms in total. The number of rotatable bonds is 6. The van der Waals surface area contributed by atoms with Crippen molar-refractivity contribution >= 4 is 17.5 Å². The van der Waals surface area contributed by atoms with Crippen molar-refractivity contribution in [2.75, 3.05) is 7.05 Å². The molecule has 0 fully saturated rings. The van der Waals surface area contributed by atoms with Crippen LogP contribution in [-0.4, -0.2) is 23.9 Å². The highest BCUT2D eigenvalue weighted by Crippen LogP contribution is 2.14. The molecule has 1 rings (SSSR count). The van der Waals surface area contributed by atoms with Gasteiger partial charge in [0.2, 0.25) is 0 Å². The first-order chi connectivity index (χ1) is 8.58. The first kappa shape index (κ1) is 15.0. The Morgan fingerprint density at radius 3 is 2.83 bits per heavy atom. The largest absolute Gasteiger partial charge is 0.293 e. The lowest BCUT2D eigenvalue weighted by Gasteiger charge is -2.26. The number of nitrogens with one attached hydrogen (secondary N) is 1. The molecule has 0 aliphatic carbocycles. The molecule has 1 amide bonds. The van der Waals surface area contributed by atoms with Gasteiger partial charge in [0.15, 0.2) is 0 Å². The van der Waals surface area contributed by atoms with Gasteiger partial charge >= 0.3 is 0 Å². The lowest BCUT2D eigenvalue weighted by molar-refractivity contribution is -0.126. The van der Waals surface area contributed by atoms with Gasteiger partial charge < -0.3 is 0 Å². The number of nitrogens with two attached hydrogens (primary N) is 1. The normalized spacial score (nSPS) is 12.5. The molecule has 100 valence electrons. The maximum atomic E-state index is 11.7. The van der Waals surface area contributed by atoms with Gasteiger partial charge in [0.25, 0.3) is 5.91 Å². The van der Waals surface area contributed by atoms with Gasteiger partial charge in [0.05, 0.1) is 6.04 Å². The summed E-state index contributed by atoms with van der Waals surface area (Å²) in [5.74, 6) is 5.06. The molecule has 18 heavy (non-hydrogen) atoms. The lowest BCUT2D eigenvalue weighted by atomic mass is 10.1. The van der Waals surface area contributed by atoms with E-state index < -0.39 is 0 Å². The Kier molecular flexibility index (Phi) is 6.12. The summed E-state index contributed by atoms with van der Waals surface area (Å²) in [4.78, 5) is 13.7. The molecule has 0 aliphatic heterocycles. The molecule has 0 saturated heterocycles. The van der Waals surface area contributed by atoms with Gasteiger partial charge in [-0.25, -0.2) is 5.84 Å². The van der Waals surface area contributed by atoms with E-state index in [4.69, 9.17) is 17.4 Å². The minimum Gasteiger partial charge on any atom is -0.293 e. The van der Waals surface area contributed by atoms with E-state index in [1.165, 1.54) is 0 Å². The summed E-state index contributed by atoms with van der Waals surface area (Å²) in [5.41, 5.74) is 3.30. The molecule has 0 radical (unpaired) electrons. The zero-order valence-electron chi connectivity index (χ0n) is 10.8. The SMILES string of the molecule is CCCC(C(=O)NN)N(C)Cc1cccc(Cl)c1. The van der Waals surface area contributed by atoms with Crippen LogP contribution in [0.25, 0.3) is 0 Å². The van der Waals surface area contributed by atoms with Gasteiger partial charge in [0.1, 0.15) is 0 Å². The number of hydrazine groups is 1. The zero-order valence-corrected chi connectivity index (χ0v) is 11.6. The van der Waals surface area contributed by atoms with Crippen molar-refractivity contribution in [3.05, 3.63) is 34.9 Å². The van der Waals surface area contributed by atoms with Gasteiger partial charge in [-0.2, -0.15) is 0 Å². The van der Waals surface area contributed by atoms with E-state index >= 15 is 0 Å². The van der Waals surface area contributed by atoms with Crippen LogP contribution in [0.4, 0.5) is 0 Å². The Hall–Kier alpha value is -1.10. The van der Waals surface area contributed by atoms with Gasteiger partial charge in [0, 0.05) is 11.6 Å². The van der Waals surface area contributed by atoms with E-state index in [1.807, 2.05) is 43.1 Å². The number of halogens is 1. The number of nitrogens with zero attached hydrogens (tertiary/aromatic N) is 1. The van der Waals surface area contributed by atoms with E-state index in [1.54, 1.807) is 0 Å². The molecule has 5 heteroatoms. The lowest BCUT2D eigenvalue weighted by Crippen LogP contribution is -2.47. The summed E-state index contributed by atoms with van der Waals surface area (Å²) >= 11 is 5.94. The van der Waals surface area contributed by atoms with Crippen LogP contribution < -0.4 is 11.3 Å². The van der Waals surface area contributed by atoms with Crippen molar-refractivity contribution in [1.82, 2.24) is 10.3 Å². The van der Waals surface area contributed by atoms with Gasteiger partial charge in [-0.1, -0.05) is 37.1 Å². The first-order valence-electron chi connectivity index (χ1n) is 6.03. The molecular weight excluding hydrogens is 250 g/mol. The second kappa shape index (κ2) is 7.36. The molecule has 1 atom stereocenters. The maximum absolute atomic E-state index is 11.7. The molecule has 0 aliphatic rings. The van der Waals surface area contributed by atoms with Crippen LogP contribution in [0.5, 0.6) is 0 Å². The Morgan fingerprint density at radius 1 is 1.56 bits per heavy atom. The summed E-state index contributed by atoms with van der Waals surface area (Å²) < 4.78 is 0. The number of hydrogen-bond donors (Lipinski definition) is 2. The average Bonchev–Trinajstić information content (AvgIpc) is 2.35. The number of carbonyl (C=O) groups excluding carboxylic acids is 1. The molecule has 0 bridgehead atoms. The first-order valence-corrected chi connectivity index (χ1v) is 6.41. The fraction of sp³-hybridized carbons (Fsp3) is 0.462. The minimum atomic E-state index is -0.209. The summed E-state index contributed by atoms with van der Waals surface area (Å²) in [6.45, 7) is 2.71. The molecular formula is C13H20ClN3O. The number of amides is 1. The van der Waals surface area contributed by atoms with Crippen molar-refractivity contribution in [2.45, 2.75) is 32.4 Å². The van der Waals surface area contributed by atoms with E-state index in [0.717, 1.165) is 18.4 Å². The number of likely N-dealkylation sites (N-methyl/N-ethyl adjacent to an activating group) is 1. The van der Waals surface area contributed by atoms with Crippen LogP contribution in [0.15, 0.2) is 24.3 Å². The predicted molar refractivity (Wildman–Crippen MR) is 73.9 cm³/mol. The number of carbonyl (C=O) groups is 1. The monoisotopic (exact) mass is 269 g/mol. The average molecular weight is 270 g/mol. The third kappa shape index (κ3) is 4.29. The Balaban J connectivity index is 2.71. The highest BCUT2D eigenvalue weighted by molar-refractivity contribution is 6.30. The minimum absolute atomic E-state index is 0.152. The van der Waals surface area contributed by atoms with Crippen molar-refractivity contribution in [1.29, 1.82) is 0 Å². The van der Waals surface area contributed by atoms with E-state index in [9.17, 15) is 4.79 Å². The molecule has 0 heterocycles. The standard InChI is InChI=1S/C13H20ClN3O/c1-3-5-12(13(18)16-15)17(2)9-10-6-4-7-11(14)8-10/h4,6-8,12H,3,5,9,15H2,1-2H3,(H,16,18). The van der Waals surface area contributed by atoms with Gasteiger partial charge in [-0.3, -0.25) is 15.1 Å². The highest BCUT2D eigenvalue weighted by Gasteiger charge is 2.21. The second-order valence-electron chi connectivity index (χ2n) is 4.36. The Morgan fingerprint density at radius 2 is 2.28 bits per heavy atom. The van der Waals surface area contributed by atoms with Crippen LogP contribution in [-0.2, 0) is 11.3 Å².